The van der Waals surface area contributed by atoms with Gasteiger partial charge in [-0.25, -0.2) is 9.97 Å². The van der Waals surface area contributed by atoms with Crippen LogP contribution in [-0.2, 0) is 0 Å². The minimum Gasteiger partial charge on any atom is -0.373 e. The maximum atomic E-state index is 4.55. The van der Waals surface area contributed by atoms with Crippen LogP contribution in [0.15, 0.2) is 6.07 Å². The molecule has 1 saturated heterocycles. The Morgan fingerprint density at radius 2 is 1.95 bits per heavy atom. The van der Waals surface area contributed by atoms with Gasteiger partial charge in [-0.2, -0.15) is 0 Å². The Morgan fingerprint density at radius 3 is 2.53 bits per heavy atom. The molecule has 0 bridgehead atoms. The van der Waals surface area contributed by atoms with Gasteiger partial charge in [0.05, 0.1) is 0 Å². The van der Waals surface area contributed by atoms with Crippen LogP contribution in [0.3, 0.4) is 0 Å². The average Bonchev–Trinajstić information content (AvgIpc) is 2.46. The largest absolute Gasteiger partial charge is 0.373 e. The first-order valence-corrected chi connectivity index (χ1v) is 7.16. The van der Waals surface area contributed by atoms with Gasteiger partial charge in [0, 0.05) is 45.3 Å². The number of aromatic nitrogens is 2. The van der Waals surface area contributed by atoms with E-state index in [0.29, 0.717) is 6.04 Å². The van der Waals surface area contributed by atoms with Crippen LogP contribution in [0, 0.1) is 6.92 Å². The van der Waals surface area contributed by atoms with Crippen molar-refractivity contribution in [2.24, 2.45) is 0 Å². The van der Waals surface area contributed by atoms with Crippen LogP contribution in [-0.4, -0.2) is 54.1 Å². The monoisotopic (exact) mass is 263 g/mol. The SMILES string of the molecule is CCC(C)N1CCN(c2cc(NC)nc(C)n2)CC1. The molecule has 0 aliphatic carbocycles. The topological polar surface area (TPSA) is 44.3 Å². The Labute approximate surface area is 116 Å². The molecule has 2 rings (SSSR count). The van der Waals surface area contributed by atoms with Crippen molar-refractivity contribution in [1.82, 2.24) is 14.9 Å². The molecule has 1 aromatic heterocycles. The Balaban J connectivity index is 2.03. The number of hydrogen-bond acceptors (Lipinski definition) is 5. The first kappa shape index (κ1) is 14.1. The lowest BCUT2D eigenvalue weighted by Crippen LogP contribution is -2.49. The molecule has 2 heterocycles. The second-order valence-corrected chi connectivity index (χ2v) is 5.19. The van der Waals surface area contributed by atoms with Crippen LogP contribution in [0.25, 0.3) is 0 Å². The molecular weight excluding hydrogens is 238 g/mol. The second-order valence-electron chi connectivity index (χ2n) is 5.19. The predicted molar refractivity (Wildman–Crippen MR) is 79.9 cm³/mol. The van der Waals surface area contributed by atoms with E-state index in [9.17, 15) is 0 Å². The quantitative estimate of drug-likeness (QED) is 0.896. The smallest absolute Gasteiger partial charge is 0.134 e. The summed E-state index contributed by atoms with van der Waals surface area (Å²) in [6.45, 7) is 10.8. The van der Waals surface area contributed by atoms with Gasteiger partial charge in [0.15, 0.2) is 0 Å². The van der Waals surface area contributed by atoms with Crippen LogP contribution in [0.1, 0.15) is 26.1 Å². The van der Waals surface area contributed by atoms with Crippen molar-refractivity contribution in [2.75, 3.05) is 43.4 Å². The van der Waals surface area contributed by atoms with Crippen molar-refractivity contribution in [3.05, 3.63) is 11.9 Å². The van der Waals surface area contributed by atoms with Crippen LogP contribution in [0.2, 0.25) is 0 Å². The van der Waals surface area contributed by atoms with Crippen LogP contribution >= 0.6 is 0 Å². The van der Waals surface area contributed by atoms with Gasteiger partial charge in [-0.1, -0.05) is 6.92 Å². The molecule has 1 aliphatic heterocycles. The number of anilines is 2. The highest BCUT2D eigenvalue weighted by molar-refractivity contribution is 5.49. The Hall–Kier alpha value is -1.36. The molecule has 1 N–H and O–H groups in total. The zero-order valence-electron chi connectivity index (χ0n) is 12.5. The van der Waals surface area contributed by atoms with Gasteiger partial charge >= 0.3 is 0 Å². The van der Waals surface area contributed by atoms with Crippen molar-refractivity contribution in [2.45, 2.75) is 33.2 Å². The molecule has 0 radical (unpaired) electrons. The molecule has 1 atom stereocenters. The third kappa shape index (κ3) is 3.35. The van der Waals surface area contributed by atoms with Gasteiger partial charge in [-0.15, -0.1) is 0 Å². The van der Waals surface area contributed by atoms with Gasteiger partial charge in [0.25, 0.3) is 0 Å². The lowest BCUT2D eigenvalue weighted by Gasteiger charge is -2.38. The normalized spacial score (nSPS) is 18.4. The number of aryl methyl sites for hydroxylation is 1. The van der Waals surface area contributed by atoms with Gasteiger partial charge in [0.2, 0.25) is 0 Å². The number of nitrogens with zero attached hydrogens (tertiary/aromatic N) is 4. The Kier molecular flexibility index (Phi) is 4.58. The highest BCUT2D eigenvalue weighted by atomic mass is 15.3. The van der Waals surface area contributed by atoms with Gasteiger partial charge in [-0.3, -0.25) is 4.90 Å². The number of rotatable bonds is 4. The van der Waals surface area contributed by atoms with E-state index >= 15 is 0 Å². The summed E-state index contributed by atoms with van der Waals surface area (Å²) in [5.74, 6) is 2.76. The van der Waals surface area contributed by atoms with Gasteiger partial charge in [-0.05, 0) is 20.3 Å². The molecule has 0 amide bonds. The molecule has 106 valence electrons. The Morgan fingerprint density at radius 1 is 1.26 bits per heavy atom. The van der Waals surface area contributed by atoms with Gasteiger partial charge < -0.3 is 10.2 Å². The number of nitrogens with one attached hydrogen (secondary N) is 1. The molecule has 0 spiro atoms. The van der Waals surface area contributed by atoms with E-state index in [2.05, 4.69) is 38.9 Å². The summed E-state index contributed by atoms with van der Waals surface area (Å²) in [7, 11) is 1.90. The molecule has 0 aromatic carbocycles. The van der Waals surface area contributed by atoms with E-state index in [1.54, 1.807) is 0 Å². The summed E-state index contributed by atoms with van der Waals surface area (Å²) in [5.41, 5.74) is 0. The fourth-order valence-corrected chi connectivity index (χ4v) is 2.49. The molecule has 1 fully saturated rings. The highest BCUT2D eigenvalue weighted by Crippen LogP contribution is 2.18. The van der Waals surface area contributed by atoms with E-state index in [0.717, 1.165) is 43.6 Å². The van der Waals surface area contributed by atoms with Crippen LogP contribution < -0.4 is 10.2 Å². The fraction of sp³-hybridized carbons (Fsp3) is 0.714. The third-order valence-corrected chi connectivity index (χ3v) is 3.93. The molecule has 5 heteroatoms. The molecule has 1 aromatic rings. The summed E-state index contributed by atoms with van der Waals surface area (Å²) in [6.07, 6.45) is 1.22. The van der Waals surface area contributed by atoms with E-state index < -0.39 is 0 Å². The van der Waals surface area contributed by atoms with Gasteiger partial charge in [0.1, 0.15) is 17.5 Å². The average molecular weight is 263 g/mol. The van der Waals surface area contributed by atoms with E-state index in [4.69, 9.17) is 0 Å². The lowest BCUT2D eigenvalue weighted by atomic mass is 10.2. The first-order valence-electron chi connectivity index (χ1n) is 7.16. The van der Waals surface area contributed by atoms with Crippen LogP contribution in [0.4, 0.5) is 11.6 Å². The molecule has 1 aliphatic rings. The molecular formula is C14H25N5. The van der Waals surface area contributed by atoms with Crippen LogP contribution in [0.5, 0.6) is 0 Å². The molecule has 5 nitrogen and oxygen atoms in total. The van der Waals surface area contributed by atoms with E-state index in [1.165, 1.54) is 6.42 Å². The summed E-state index contributed by atoms with van der Waals surface area (Å²) in [4.78, 5) is 13.8. The first-order chi connectivity index (χ1) is 9.13. The summed E-state index contributed by atoms with van der Waals surface area (Å²) >= 11 is 0. The maximum absolute atomic E-state index is 4.55. The molecule has 1 unspecified atom stereocenters. The summed E-state index contributed by atoms with van der Waals surface area (Å²) < 4.78 is 0. The van der Waals surface area contributed by atoms with E-state index in [-0.39, 0.29) is 0 Å². The second kappa shape index (κ2) is 6.19. The van der Waals surface area contributed by atoms with Crippen molar-refractivity contribution in [1.29, 1.82) is 0 Å². The minimum absolute atomic E-state index is 0.683. The zero-order valence-corrected chi connectivity index (χ0v) is 12.5. The Bertz CT molecular complexity index is 412. The van der Waals surface area contributed by atoms with Crippen molar-refractivity contribution >= 4 is 11.6 Å². The van der Waals surface area contributed by atoms with Crippen molar-refractivity contribution in [3.63, 3.8) is 0 Å². The lowest BCUT2D eigenvalue weighted by molar-refractivity contribution is 0.192. The summed E-state index contributed by atoms with van der Waals surface area (Å²) in [5, 5.41) is 3.10. The highest BCUT2D eigenvalue weighted by Gasteiger charge is 2.21. The summed E-state index contributed by atoms with van der Waals surface area (Å²) in [6, 6.07) is 2.72. The molecule has 0 saturated carbocycles. The van der Waals surface area contributed by atoms with Crippen molar-refractivity contribution in [3.8, 4) is 0 Å². The van der Waals surface area contributed by atoms with Crippen molar-refractivity contribution < 1.29 is 0 Å². The number of piperazine rings is 1. The maximum Gasteiger partial charge on any atom is 0.134 e. The van der Waals surface area contributed by atoms with E-state index in [1.807, 2.05) is 20.0 Å². The minimum atomic E-state index is 0.683. The number of hydrogen-bond donors (Lipinski definition) is 1. The molecule has 19 heavy (non-hydrogen) atoms. The predicted octanol–water partition coefficient (Wildman–Crippen LogP) is 1.75. The third-order valence-electron chi connectivity index (χ3n) is 3.93. The fourth-order valence-electron chi connectivity index (χ4n) is 2.49. The zero-order chi connectivity index (χ0) is 13.8. The standard InChI is InChI=1S/C14H25N5/c1-5-11(2)18-6-8-19(9-7-18)14-10-13(15-4)16-12(3)17-14/h10-11H,5-9H2,1-4H3,(H,15,16,17).